The molecule has 0 unspecified atom stereocenters. The van der Waals surface area contributed by atoms with E-state index < -0.39 is 26.8 Å². The van der Waals surface area contributed by atoms with E-state index in [1.807, 2.05) is 0 Å². The minimum absolute atomic E-state index is 0.0226. The first-order chi connectivity index (χ1) is 28.7. The van der Waals surface area contributed by atoms with Crippen LogP contribution < -0.4 is 10.1 Å². The number of sulfone groups is 1. The Morgan fingerprint density at radius 1 is 0.967 bits per heavy atom. The van der Waals surface area contributed by atoms with E-state index in [-0.39, 0.29) is 44.9 Å². The fourth-order valence-corrected chi connectivity index (χ4v) is 17.1. The Labute approximate surface area is 366 Å². The zero-order chi connectivity index (χ0) is 43.9. The van der Waals surface area contributed by atoms with Gasteiger partial charge in [-0.05, 0) is 190 Å². The smallest absolute Gasteiger partial charge is 0.313 e. The van der Waals surface area contributed by atoms with Crippen LogP contribution in [0.15, 0.2) is 54.3 Å². The van der Waals surface area contributed by atoms with Crippen LogP contribution in [0.3, 0.4) is 0 Å². The van der Waals surface area contributed by atoms with E-state index in [1.165, 1.54) is 55.9 Å². The first-order valence-electron chi connectivity index (χ1n) is 23.6. The molecule has 0 aliphatic heterocycles. The molecule has 0 bridgehead atoms. The summed E-state index contributed by atoms with van der Waals surface area (Å²) in [7, 11) is -3.08. The zero-order valence-corrected chi connectivity index (χ0v) is 38.7. The van der Waals surface area contributed by atoms with Gasteiger partial charge in [0.1, 0.15) is 33.5 Å². The number of carboxylic acid groups (broad SMARTS) is 1. The van der Waals surface area contributed by atoms with Crippen LogP contribution in [-0.2, 0) is 14.6 Å². The van der Waals surface area contributed by atoms with Crippen molar-refractivity contribution in [2.75, 3.05) is 19.4 Å². The van der Waals surface area contributed by atoms with Crippen LogP contribution in [0.2, 0.25) is 0 Å². The third-order valence-corrected chi connectivity index (χ3v) is 21.4. The molecule has 0 amide bonds. The fourth-order valence-electron chi connectivity index (χ4n) is 16.0. The Bertz CT molecular complexity index is 2120. The van der Waals surface area contributed by atoms with Gasteiger partial charge < -0.3 is 20.3 Å². The number of aliphatic hydroxyl groups is 1. The molecule has 61 heavy (non-hydrogen) atoms. The van der Waals surface area contributed by atoms with Crippen molar-refractivity contribution in [1.29, 1.82) is 5.26 Å². The highest BCUT2D eigenvalue weighted by molar-refractivity contribution is 7.91. The van der Waals surface area contributed by atoms with Gasteiger partial charge in [0.05, 0.1) is 10.9 Å². The number of hydrogen-bond donors (Lipinski definition) is 3. The molecular weight excluding hydrogens is 783 g/mol. The van der Waals surface area contributed by atoms with Gasteiger partial charge in [-0.15, -0.1) is 6.58 Å². The van der Waals surface area contributed by atoms with Crippen molar-refractivity contribution in [2.45, 2.75) is 160 Å². The first kappa shape index (κ1) is 44.6. The number of pyridine rings is 1. The summed E-state index contributed by atoms with van der Waals surface area (Å²) >= 11 is 0. The quantitative estimate of drug-likeness (QED) is 0.185. The van der Waals surface area contributed by atoms with E-state index in [9.17, 15) is 28.7 Å². The molecule has 0 saturated heterocycles. The summed E-state index contributed by atoms with van der Waals surface area (Å²) in [4.78, 5) is 17.0. The summed E-state index contributed by atoms with van der Waals surface area (Å²) < 4.78 is 30.4. The zero-order valence-electron chi connectivity index (χ0n) is 37.9. The number of ether oxygens (including phenoxy) is 1. The number of carboxylic acids is 1. The lowest BCUT2D eigenvalue weighted by Crippen LogP contribution is -2.68. The SMILES string of the molecule is C=C[C@@H]1CC[C@]2(NCC[C@]3(O)CC[C@@H](S(C)(=O)=O)CC3)CC[C@]3(C)[C@H](CC[C@@H]4[C@@]5(C)CC=C(C6=CC[C@@](COc7ncccc7C#N)(C(=O)O)CC6)C(C)(C)[C@@H]5CC[C@]43C)[C@@H]12. The average molecular weight is 856 g/mol. The third kappa shape index (κ3) is 7.18. The second kappa shape index (κ2) is 15.6. The number of carbonyl (C=O) groups is 1. The minimum Gasteiger partial charge on any atom is -0.481 e. The maximum Gasteiger partial charge on any atom is 0.313 e. The molecule has 0 aromatic carbocycles. The highest BCUT2D eigenvalue weighted by Crippen LogP contribution is 2.76. The second-order valence-electron chi connectivity index (χ2n) is 22.5. The molecule has 7 aliphatic rings. The molecule has 1 heterocycles. The standard InChI is InChI=1S/C51H73N3O6S/c1-8-34-15-26-51(54-31-29-50(57)24-16-37(17-25-50)61(7,58)59)28-27-47(5)39(42(34)51)11-12-41-46(4)20-18-38(45(2,3)40(46)19-21-48(41,47)6)35-13-22-49(23-14-35,44(55)56)33-60-43-36(32-52)10-9-30-53-43/h8-10,13,18,30,34,37,39-42,54,57H,1,11-12,14-17,19-29,31,33H2,2-7H3,(H,55,56)/t34-,37-,39-,40+,41-,42-,46+,47-,48-,49-,50+,51+/m1/s1. The highest BCUT2D eigenvalue weighted by Gasteiger charge is 2.70. The Kier molecular flexibility index (Phi) is 11.4. The molecule has 3 N–H and O–H groups in total. The number of nitriles is 1. The Hall–Kier alpha value is -3.00. The summed E-state index contributed by atoms with van der Waals surface area (Å²) in [6, 6.07) is 5.42. The largest absolute Gasteiger partial charge is 0.481 e. The molecule has 10 atom stereocenters. The Balaban J connectivity index is 0.987. The molecule has 9 nitrogen and oxygen atoms in total. The predicted octanol–water partition coefficient (Wildman–Crippen LogP) is 9.77. The molecule has 0 radical (unpaired) electrons. The number of aliphatic carboxylic acids is 1. The lowest BCUT2D eigenvalue weighted by molar-refractivity contribution is -0.220. The van der Waals surface area contributed by atoms with Gasteiger partial charge >= 0.3 is 5.97 Å². The number of nitrogens with zero attached hydrogens (tertiary/aromatic N) is 2. The predicted molar refractivity (Wildman–Crippen MR) is 239 cm³/mol. The van der Waals surface area contributed by atoms with Gasteiger partial charge in [0.25, 0.3) is 0 Å². The Morgan fingerprint density at radius 2 is 1.72 bits per heavy atom. The van der Waals surface area contributed by atoms with Gasteiger partial charge in [-0.1, -0.05) is 52.8 Å². The molecular formula is C51H73N3O6S. The summed E-state index contributed by atoms with van der Waals surface area (Å²) in [5.41, 5.74) is 1.73. The number of fused-ring (bicyclic) bond motifs is 7. The molecule has 1 aromatic rings. The number of allylic oxidation sites excluding steroid dienone is 5. The molecule has 5 fully saturated rings. The third-order valence-electron chi connectivity index (χ3n) is 19.7. The van der Waals surface area contributed by atoms with E-state index in [4.69, 9.17) is 4.74 Å². The van der Waals surface area contributed by atoms with Gasteiger partial charge in [0.15, 0.2) is 0 Å². The van der Waals surface area contributed by atoms with Crippen LogP contribution in [-0.4, -0.2) is 65.4 Å². The molecule has 10 heteroatoms. The maximum atomic E-state index is 12.8. The van der Waals surface area contributed by atoms with E-state index in [0.29, 0.717) is 86.5 Å². The topological polar surface area (TPSA) is 150 Å². The molecule has 0 spiro atoms. The summed E-state index contributed by atoms with van der Waals surface area (Å²) in [5, 5.41) is 35.4. The van der Waals surface area contributed by atoms with Crippen molar-refractivity contribution >= 4 is 15.8 Å². The van der Waals surface area contributed by atoms with E-state index in [1.54, 1.807) is 18.3 Å². The van der Waals surface area contributed by atoms with Crippen molar-refractivity contribution in [3.05, 3.63) is 59.8 Å². The van der Waals surface area contributed by atoms with Gasteiger partial charge in [-0.25, -0.2) is 13.4 Å². The highest BCUT2D eigenvalue weighted by atomic mass is 32.2. The van der Waals surface area contributed by atoms with E-state index in [0.717, 1.165) is 25.8 Å². The van der Waals surface area contributed by atoms with Gasteiger partial charge in [0, 0.05) is 18.0 Å². The first-order valence-corrected chi connectivity index (χ1v) is 25.6. The van der Waals surface area contributed by atoms with E-state index in [2.05, 4.69) is 75.8 Å². The van der Waals surface area contributed by atoms with Crippen molar-refractivity contribution in [3.8, 4) is 11.9 Å². The number of hydrogen-bond acceptors (Lipinski definition) is 8. The summed E-state index contributed by atoms with van der Waals surface area (Å²) in [5.74, 6) is 2.07. The lowest BCUT2D eigenvalue weighted by Gasteiger charge is -2.72. The maximum absolute atomic E-state index is 12.8. The van der Waals surface area contributed by atoms with E-state index >= 15 is 0 Å². The van der Waals surface area contributed by atoms with Crippen LogP contribution in [0.5, 0.6) is 5.88 Å². The minimum atomic E-state index is -3.08. The number of rotatable bonds is 11. The molecule has 7 aliphatic carbocycles. The molecule has 5 saturated carbocycles. The molecule has 334 valence electrons. The van der Waals surface area contributed by atoms with Crippen LogP contribution in [0, 0.1) is 68.0 Å². The van der Waals surface area contributed by atoms with Crippen molar-refractivity contribution in [2.24, 2.45) is 56.7 Å². The monoisotopic (exact) mass is 856 g/mol. The lowest BCUT2D eigenvalue weighted by atomic mass is 9.33. The van der Waals surface area contributed by atoms with Crippen LogP contribution in [0.25, 0.3) is 0 Å². The van der Waals surface area contributed by atoms with Crippen LogP contribution in [0.4, 0.5) is 0 Å². The van der Waals surface area contributed by atoms with Gasteiger partial charge in [0.2, 0.25) is 5.88 Å². The van der Waals surface area contributed by atoms with Crippen LogP contribution in [0.1, 0.15) is 149 Å². The second-order valence-corrected chi connectivity index (χ2v) is 24.9. The fraction of sp³-hybridized carbons (Fsp3) is 0.745. The molecule has 8 rings (SSSR count). The summed E-state index contributed by atoms with van der Waals surface area (Å²) in [6.07, 6.45) is 25.0. The number of aromatic nitrogens is 1. The summed E-state index contributed by atoms with van der Waals surface area (Å²) in [6.45, 7) is 18.1. The van der Waals surface area contributed by atoms with Crippen molar-refractivity contribution in [1.82, 2.24) is 10.3 Å². The Morgan fingerprint density at radius 3 is 2.38 bits per heavy atom. The van der Waals surface area contributed by atoms with Crippen molar-refractivity contribution in [3.63, 3.8) is 0 Å². The number of nitrogens with one attached hydrogen (secondary N) is 1. The average Bonchev–Trinajstić information content (AvgIpc) is 3.59. The van der Waals surface area contributed by atoms with Gasteiger partial charge in [-0.3, -0.25) is 4.79 Å². The normalized spacial score (nSPS) is 42.9. The van der Waals surface area contributed by atoms with Crippen molar-refractivity contribution < 1.29 is 28.2 Å². The molecule has 1 aromatic heterocycles. The van der Waals surface area contributed by atoms with Crippen LogP contribution >= 0.6 is 0 Å². The van der Waals surface area contributed by atoms with Gasteiger partial charge in [-0.2, -0.15) is 5.26 Å².